The van der Waals surface area contributed by atoms with Crippen LogP contribution in [0, 0.1) is 0 Å². The van der Waals surface area contributed by atoms with E-state index in [1.54, 1.807) is 30.3 Å². The van der Waals surface area contributed by atoms with Crippen molar-refractivity contribution in [2.45, 2.75) is 13.3 Å². The van der Waals surface area contributed by atoms with Gasteiger partial charge in [0.05, 0.1) is 0 Å². The predicted molar refractivity (Wildman–Crippen MR) is 65.2 cm³/mol. The number of benzene rings is 2. The SMILES string of the molecule is CCc1c(O)cccc1OOc1ccccc1. The maximum absolute atomic E-state index is 9.65. The molecule has 0 aliphatic carbocycles. The van der Waals surface area contributed by atoms with Crippen molar-refractivity contribution in [1.29, 1.82) is 0 Å². The molecule has 0 aliphatic heterocycles. The van der Waals surface area contributed by atoms with Crippen molar-refractivity contribution in [3.63, 3.8) is 0 Å². The van der Waals surface area contributed by atoms with Gasteiger partial charge in [0, 0.05) is 5.56 Å². The highest BCUT2D eigenvalue weighted by Crippen LogP contribution is 2.28. The standard InChI is InChI=1S/C14H14O3/c1-2-12-13(15)9-6-10-14(12)17-16-11-7-4-3-5-8-11/h3-10,15H,2H2,1H3. The fourth-order valence-electron chi connectivity index (χ4n) is 1.56. The lowest BCUT2D eigenvalue weighted by molar-refractivity contribution is -0.101. The highest BCUT2D eigenvalue weighted by atomic mass is 17.2. The number of hydrogen-bond donors (Lipinski definition) is 1. The van der Waals surface area contributed by atoms with Gasteiger partial charge in [0.2, 0.25) is 0 Å². The molecule has 0 aliphatic rings. The normalized spacial score (nSPS) is 9.94. The van der Waals surface area contributed by atoms with Crippen molar-refractivity contribution in [2.75, 3.05) is 0 Å². The molecule has 17 heavy (non-hydrogen) atoms. The number of aromatic hydroxyl groups is 1. The summed E-state index contributed by atoms with van der Waals surface area (Å²) in [5, 5.41) is 9.65. The van der Waals surface area contributed by atoms with Crippen molar-refractivity contribution in [3.05, 3.63) is 54.1 Å². The van der Waals surface area contributed by atoms with Crippen LogP contribution in [0.4, 0.5) is 0 Å². The smallest absolute Gasteiger partial charge is 0.185 e. The molecule has 2 rings (SSSR count). The number of para-hydroxylation sites is 1. The lowest BCUT2D eigenvalue weighted by Gasteiger charge is -2.10. The van der Waals surface area contributed by atoms with Gasteiger partial charge in [-0.1, -0.05) is 31.2 Å². The van der Waals surface area contributed by atoms with Crippen LogP contribution in [0.2, 0.25) is 0 Å². The van der Waals surface area contributed by atoms with Crippen LogP contribution in [-0.4, -0.2) is 5.11 Å². The van der Waals surface area contributed by atoms with Crippen LogP contribution in [-0.2, 0) is 6.42 Å². The molecule has 0 fully saturated rings. The van der Waals surface area contributed by atoms with Crippen LogP contribution in [0.5, 0.6) is 17.2 Å². The van der Waals surface area contributed by atoms with E-state index >= 15 is 0 Å². The molecule has 0 spiro atoms. The Kier molecular flexibility index (Phi) is 3.50. The second-order valence-corrected chi connectivity index (χ2v) is 3.59. The Labute approximate surface area is 100 Å². The lowest BCUT2D eigenvalue weighted by atomic mass is 10.1. The van der Waals surface area contributed by atoms with Crippen LogP contribution in [0.1, 0.15) is 12.5 Å². The van der Waals surface area contributed by atoms with E-state index in [0.29, 0.717) is 17.9 Å². The molecular weight excluding hydrogens is 216 g/mol. The van der Waals surface area contributed by atoms with Crippen molar-refractivity contribution in [1.82, 2.24) is 0 Å². The minimum atomic E-state index is 0.224. The van der Waals surface area contributed by atoms with Crippen molar-refractivity contribution in [3.8, 4) is 17.2 Å². The molecule has 0 saturated heterocycles. The van der Waals surface area contributed by atoms with Crippen molar-refractivity contribution >= 4 is 0 Å². The molecule has 2 aromatic carbocycles. The van der Waals surface area contributed by atoms with Gasteiger partial charge in [-0.25, -0.2) is 0 Å². The second kappa shape index (κ2) is 5.25. The molecule has 3 heteroatoms. The summed E-state index contributed by atoms with van der Waals surface area (Å²) in [5.74, 6) is 1.39. The molecule has 1 N–H and O–H groups in total. The third kappa shape index (κ3) is 2.69. The maximum atomic E-state index is 9.65. The topological polar surface area (TPSA) is 38.7 Å². The van der Waals surface area contributed by atoms with Crippen molar-refractivity contribution in [2.24, 2.45) is 0 Å². The molecule has 0 amide bonds. The Morgan fingerprint density at radius 2 is 1.71 bits per heavy atom. The Morgan fingerprint density at radius 1 is 0.941 bits per heavy atom. The molecule has 0 aromatic heterocycles. The Hall–Kier alpha value is -2.16. The number of rotatable bonds is 4. The van der Waals surface area contributed by atoms with Gasteiger partial charge in [0.1, 0.15) is 5.75 Å². The first kappa shape index (κ1) is 11.3. The van der Waals surface area contributed by atoms with Gasteiger partial charge in [0.15, 0.2) is 11.5 Å². The van der Waals surface area contributed by atoms with E-state index in [9.17, 15) is 5.11 Å². The highest BCUT2D eigenvalue weighted by Gasteiger charge is 2.08. The van der Waals surface area contributed by atoms with Gasteiger partial charge in [-0.3, -0.25) is 9.78 Å². The number of phenolic OH excluding ortho intramolecular Hbond substituents is 1. The summed E-state index contributed by atoms with van der Waals surface area (Å²) in [4.78, 5) is 10.4. The van der Waals surface area contributed by atoms with Crippen molar-refractivity contribution < 1.29 is 14.9 Å². The Bertz CT molecular complexity index is 480. The van der Waals surface area contributed by atoms with Gasteiger partial charge >= 0.3 is 0 Å². The van der Waals surface area contributed by atoms with Crippen LogP contribution in [0.25, 0.3) is 0 Å². The summed E-state index contributed by atoms with van der Waals surface area (Å²) in [6, 6.07) is 14.3. The first-order chi connectivity index (χ1) is 8.31. The molecule has 3 nitrogen and oxygen atoms in total. The minimum Gasteiger partial charge on any atom is -0.508 e. The quantitative estimate of drug-likeness (QED) is 0.646. The molecule has 0 saturated carbocycles. The molecule has 0 atom stereocenters. The van der Waals surface area contributed by atoms with Gasteiger partial charge in [-0.2, -0.15) is 0 Å². The predicted octanol–water partition coefficient (Wildman–Crippen LogP) is 3.33. The van der Waals surface area contributed by atoms with Crippen LogP contribution >= 0.6 is 0 Å². The molecule has 88 valence electrons. The first-order valence-corrected chi connectivity index (χ1v) is 5.51. The van der Waals surface area contributed by atoms with E-state index in [1.165, 1.54) is 0 Å². The highest BCUT2D eigenvalue weighted by molar-refractivity contribution is 5.43. The Balaban J connectivity index is 2.12. The average Bonchev–Trinajstić information content (AvgIpc) is 2.37. The monoisotopic (exact) mass is 230 g/mol. The summed E-state index contributed by atoms with van der Waals surface area (Å²) in [5.41, 5.74) is 0.739. The van der Waals surface area contributed by atoms with Gasteiger partial charge in [0.25, 0.3) is 0 Å². The molecule has 0 bridgehead atoms. The summed E-state index contributed by atoms with van der Waals surface area (Å²) in [7, 11) is 0. The number of phenols is 1. The third-order valence-corrected chi connectivity index (χ3v) is 2.43. The van der Waals surface area contributed by atoms with Gasteiger partial charge in [-0.15, -0.1) is 0 Å². The van der Waals surface area contributed by atoms with E-state index in [1.807, 2.05) is 25.1 Å². The molecule has 2 aromatic rings. The zero-order valence-corrected chi connectivity index (χ0v) is 9.59. The van der Waals surface area contributed by atoms with E-state index in [0.717, 1.165) is 5.56 Å². The first-order valence-electron chi connectivity index (χ1n) is 5.51. The molecule has 0 unspecified atom stereocenters. The third-order valence-electron chi connectivity index (χ3n) is 2.43. The summed E-state index contributed by atoms with van der Waals surface area (Å²) >= 11 is 0. The molecular formula is C14H14O3. The van der Waals surface area contributed by atoms with Gasteiger partial charge in [-0.05, 0) is 30.7 Å². The zero-order chi connectivity index (χ0) is 12.1. The van der Waals surface area contributed by atoms with Crippen LogP contribution in [0.3, 0.4) is 0 Å². The van der Waals surface area contributed by atoms with Crippen LogP contribution < -0.4 is 9.78 Å². The van der Waals surface area contributed by atoms with E-state index < -0.39 is 0 Å². The summed E-state index contributed by atoms with van der Waals surface area (Å²) < 4.78 is 0. The maximum Gasteiger partial charge on any atom is 0.185 e. The second-order valence-electron chi connectivity index (χ2n) is 3.59. The fourth-order valence-corrected chi connectivity index (χ4v) is 1.56. The Morgan fingerprint density at radius 3 is 2.41 bits per heavy atom. The fraction of sp³-hybridized carbons (Fsp3) is 0.143. The van der Waals surface area contributed by atoms with E-state index in [4.69, 9.17) is 9.78 Å². The largest absolute Gasteiger partial charge is 0.508 e. The minimum absolute atomic E-state index is 0.224. The van der Waals surface area contributed by atoms with Gasteiger partial charge < -0.3 is 5.11 Å². The van der Waals surface area contributed by atoms with Crippen LogP contribution in [0.15, 0.2) is 48.5 Å². The molecule has 0 radical (unpaired) electrons. The molecule has 0 heterocycles. The average molecular weight is 230 g/mol. The summed E-state index contributed by atoms with van der Waals surface area (Å²) in [6.45, 7) is 1.95. The zero-order valence-electron chi connectivity index (χ0n) is 9.59. The lowest BCUT2D eigenvalue weighted by Crippen LogP contribution is -2.02. The van der Waals surface area contributed by atoms with E-state index in [-0.39, 0.29) is 5.75 Å². The number of hydrogen-bond acceptors (Lipinski definition) is 3. The summed E-state index contributed by atoms with van der Waals surface area (Å²) in [6.07, 6.45) is 0.681. The van der Waals surface area contributed by atoms with E-state index in [2.05, 4.69) is 0 Å².